The zero-order chi connectivity index (χ0) is 13.1. The molecule has 1 aliphatic carbocycles. The summed E-state index contributed by atoms with van der Waals surface area (Å²) in [5.74, 6) is -2.95. The molecule has 0 spiro atoms. The quantitative estimate of drug-likeness (QED) is 0.805. The number of halogens is 3. The van der Waals surface area contributed by atoms with Crippen molar-refractivity contribution in [3.05, 3.63) is 0 Å². The fourth-order valence-corrected chi connectivity index (χ4v) is 2.25. The molecule has 3 atom stereocenters. The van der Waals surface area contributed by atoms with Crippen LogP contribution in [0.2, 0.25) is 0 Å². The fraction of sp³-hybridized carbons (Fsp3) is 0.909. The third kappa shape index (κ3) is 3.87. The van der Waals surface area contributed by atoms with Crippen molar-refractivity contribution in [1.82, 2.24) is 5.32 Å². The smallest absolute Gasteiger partial charge is 0.352 e. The number of alkyl halides is 3. The third-order valence-corrected chi connectivity index (χ3v) is 3.27. The van der Waals surface area contributed by atoms with Crippen LogP contribution in [0.15, 0.2) is 0 Å². The normalized spacial score (nSPS) is 27.6. The second-order valence-electron chi connectivity index (χ2n) is 4.68. The Balaban J connectivity index is 2.68. The van der Waals surface area contributed by atoms with Crippen molar-refractivity contribution in [1.29, 1.82) is 0 Å². The first-order valence-electron chi connectivity index (χ1n) is 5.93. The van der Waals surface area contributed by atoms with Crippen LogP contribution in [0.25, 0.3) is 0 Å². The molecule has 1 fully saturated rings. The van der Waals surface area contributed by atoms with Crippen molar-refractivity contribution in [2.75, 3.05) is 6.54 Å². The van der Waals surface area contributed by atoms with Gasteiger partial charge in [0, 0.05) is 18.5 Å². The number of amides is 1. The summed E-state index contributed by atoms with van der Waals surface area (Å²) in [6, 6.07) is -0.279. The third-order valence-electron chi connectivity index (χ3n) is 3.27. The molecule has 0 aromatic carbocycles. The molecule has 17 heavy (non-hydrogen) atoms. The molecule has 100 valence electrons. The highest BCUT2D eigenvalue weighted by Gasteiger charge is 2.48. The Morgan fingerprint density at radius 3 is 2.53 bits per heavy atom. The maximum absolute atomic E-state index is 12.8. The largest absolute Gasteiger partial charge is 0.392 e. The molecule has 0 aliphatic heterocycles. The predicted molar refractivity (Wildman–Crippen MR) is 58.2 cm³/mol. The number of nitrogens with two attached hydrogens (primary N) is 1. The minimum Gasteiger partial charge on any atom is -0.352 e. The standard InChI is InChI=1S/C11H19F3N2O/c1-7(6-15)16-10(17)8-4-2-3-5-9(8)11(12,13)14/h7-9H,2-6,15H2,1H3,(H,16,17)/t7-,8?,9?/m1/s1. The molecule has 0 bridgehead atoms. The number of hydrogen-bond donors (Lipinski definition) is 2. The SMILES string of the molecule is C[C@H](CN)NC(=O)C1CCCCC1C(F)(F)F. The van der Waals surface area contributed by atoms with Crippen LogP contribution in [0.4, 0.5) is 13.2 Å². The van der Waals surface area contributed by atoms with Gasteiger partial charge in [-0.15, -0.1) is 0 Å². The molecule has 1 amide bonds. The number of carbonyl (C=O) groups is 1. The van der Waals surface area contributed by atoms with Crippen molar-refractivity contribution >= 4 is 5.91 Å². The van der Waals surface area contributed by atoms with Crippen LogP contribution in [0, 0.1) is 11.8 Å². The Morgan fingerprint density at radius 2 is 2.00 bits per heavy atom. The van der Waals surface area contributed by atoms with Gasteiger partial charge >= 0.3 is 6.18 Å². The highest BCUT2D eigenvalue weighted by molar-refractivity contribution is 5.79. The second-order valence-corrected chi connectivity index (χ2v) is 4.68. The average Bonchev–Trinajstić information content (AvgIpc) is 2.27. The zero-order valence-corrected chi connectivity index (χ0v) is 9.89. The van der Waals surface area contributed by atoms with E-state index in [1.807, 2.05) is 0 Å². The molecule has 1 aliphatic rings. The van der Waals surface area contributed by atoms with E-state index >= 15 is 0 Å². The molecule has 0 radical (unpaired) electrons. The molecular weight excluding hydrogens is 233 g/mol. The first-order valence-corrected chi connectivity index (χ1v) is 5.93. The maximum atomic E-state index is 12.8. The summed E-state index contributed by atoms with van der Waals surface area (Å²) in [5.41, 5.74) is 5.33. The molecule has 0 aromatic rings. The topological polar surface area (TPSA) is 55.1 Å². The van der Waals surface area contributed by atoms with Gasteiger partial charge in [0.1, 0.15) is 0 Å². The van der Waals surface area contributed by atoms with E-state index in [9.17, 15) is 18.0 Å². The summed E-state index contributed by atoms with van der Waals surface area (Å²) in [7, 11) is 0. The van der Waals surface area contributed by atoms with E-state index < -0.39 is 23.9 Å². The van der Waals surface area contributed by atoms with E-state index in [0.717, 1.165) is 0 Å². The minimum absolute atomic E-state index is 0.0542. The van der Waals surface area contributed by atoms with Crippen LogP contribution in [0.1, 0.15) is 32.6 Å². The van der Waals surface area contributed by atoms with Crippen LogP contribution in [0.3, 0.4) is 0 Å². The second kappa shape index (κ2) is 5.71. The Hall–Kier alpha value is -0.780. The Labute approximate surface area is 98.9 Å². The van der Waals surface area contributed by atoms with Gasteiger partial charge in [0.25, 0.3) is 0 Å². The number of rotatable bonds is 3. The highest BCUT2D eigenvalue weighted by atomic mass is 19.4. The fourth-order valence-electron chi connectivity index (χ4n) is 2.25. The van der Waals surface area contributed by atoms with Crippen LogP contribution in [0.5, 0.6) is 0 Å². The van der Waals surface area contributed by atoms with Gasteiger partial charge < -0.3 is 11.1 Å². The summed E-state index contributed by atoms with van der Waals surface area (Å²) in [6.45, 7) is 1.92. The molecule has 3 N–H and O–H groups in total. The van der Waals surface area contributed by atoms with Gasteiger partial charge in [0.2, 0.25) is 5.91 Å². The van der Waals surface area contributed by atoms with E-state index in [1.165, 1.54) is 0 Å². The molecular formula is C11H19F3N2O. The van der Waals surface area contributed by atoms with Crippen LogP contribution in [-0.2, 0) is 4.79 Å². The first kappa shape index (κ1) is 14.3. The van der Waals surface area contributed by atoms with Crippen molar-refractivity contribution in [3.63, 3.8) is 0 Å². The molecule has 2 unspecified atom stereocenters. The van der Waals surface area contributed by atoms with Crippen LogP contribution < -0.4 is 11.1 Å². The van der Waals surface area contributed by atoms with Gasteiger partial charge in [0.05, 0.1) is 5.92 Å². The summed E-state index contributed by atoms with van der Waals surface area (Å²) in [6.07, 6.45) is -2.69. The van der Waals surface area contributed by atoms with E-state index in [2.05, 4.69) is 5.32 Å². The highest BCUT2D eigenvalue weighted by Crippen LogP contribution is 2.41. The number of carbonyl (C=O) groups excluding carboxylic acids is 1. The monoisotopic (exact) mass is 252 g/mol. The lowest BCUT2D eigenvalue weighted by Gasteiger charge is -2.32. The van der Waals surface area contributed by atoms with Gasteiger partial charge in [-0.3, -0.25) is 4.79 Å². The van der Waals surface area contributed by atoms with Crippen LogP contribution in [-0.4, -0.2) is 24.7 Å². The Bertz CT molecular complexity index is 268. The van der Waals surface area contributed by atoms with Crippen LogP contribution >= 0.6 is 0 Å². The molecule has 6 heteroatoms. The summed E-state index contributed by atoms with van der Waals surface area (Å²) < 4.78 is 38.3. The molecule has 0 heterocycles. The van der Waals surface area contributed by atoms with Gasteiger partial charge in [-0.25, -0.2) is 0 Å². The van der Waals surface area contributed by atoms with Crippen molar-refractivity contribution < 1.29 is 18.0 Å². The summed E-state index contributed by atoms with van der Waals surface area (Å²) >= 11 is 0. The van der Waals surface area contributed by atoms with Crippen molar-refractivity contribution in [2.24, 2.45) is 17.6 Å². The Morgan fingerprint density at radius 1 is 1.41 bits per heavy atom. The number of hydrogen-bond acceptors (Lipinski definition) is 2. The van der Waals surface area contributed by atoms with Gasteiger partial charge in [-0.2, -0.15) is 13.2 Å². The molecule has 0 aromatic heterocycles. The van der Waals surface area contributed by atoms with Crippen molar-refractivity contribution in [3.8, 4) is 0 Å². The van der Waals surface area contributed by atoms with E-state index in [0.29, 0.717) is 19.3 Å². The predicted octanol–water partition coefficient (Wildman–Crippen LogP) is 1.82. The lowest BCUT2D eigenvalue weighted by atomic mass is 9.78. The van der Waals surface area contributed by atoms with Crippen molar-refractivity contribution in [2.45, 2.75) is 44.8 Å². The van der Waals surface area contributed by atoms with E-state index in [1.54, 1.807) is 6.92 Å². The zero-order valence-electron chi connectivity index (χ0n) is 9.89. The molecule has 1 rings (SSSR count). The van der Waals surface area contributed by atoms with Gasteiger partial charge in [-0.1, -0.05) is 12.8 Å². The molecule has 1 saturated carbocycles. The summed E-state index contributed by atoms with van der Waals surface area (Å²) in [5, 5.41) is 2.54. The average molecular weight is 252 g/mol. The maximum Gasteiger partial charge on any atom is 0.392 e. The van der Waals surface area contributed by atoms with Gasteiger partial charge in [-0.05, 0) is 19.8 Å². The Kier molecular flexibility index (Phi) is 4.80. The van der Waals surface area contributed by atoms with E-state index in [-0.39, 0.29) is 19.0 Å². The number of nitrogens with one attached hydrogen (secondary N) is 1. The van der Waals surface area contributed by atoms with E-state index in [4.69, 9.17) is 5.73 Å². The molecule has 0 saturated heterocycles. The minimum atomic E-state index is -4.28. The lowest BCUT2D eigenvalue weighted by molar-refractivity contribution is -0.198. The molecule has 3 nitrogen and oxygen atoms in total. The summed E-state index contributed by atoms with van der Waals surface area (Å²) in [4.78, 5) is 11.8. The van der Waals surface area contributed by atoms with Gasteiger partial charge in [0.15, 0.2) is 0 Å². The first-order chi connectivity index (χ1) is 7.86. The lowest BCUT2D eigenvalue weighted by Crippen LogP contribution is -2.46.